The molecule has 1 aliphatic heterocycles. The monoisotopic (exact) mass is 628 g/mol. The third-order valence-corrected chi connectivity index (χ3v) is 9.78. The molecule has 1 saturated carbocycles. The Morgan fingerprint density at radius 2 is 1.52 bits per heavy atom. The minimum atomic E-state index is -1.12. The van der Waals surface area contributed by atoms with Gasteiger partial charge in [0.15, 0.2) is 0 Å². The van der Waals surface area contributed by atoms with Crippen molar-refractivity contribution in [2.45, 2.75) is 63.0 Å². The lowest BCUT2D eigenvalue weighted by molar-refractivity contribution is -0.166. The molecule has 0 radical (unpaired) electrons. The van der Waals surface area contributed by atoms with E-state index in [9.17, 15) is 13.8 Å². The molecule has 0 bridgehead atoms. The molecule has 224 valence electrons. The Balaban J connectivity index is 0.000000507. The number of morpholine rings is 1. The molecule has 1 aliphatic carbocycles. The number of ether oxygens (including phenoxy) is 1. The Labute approximate surface area is 261 Å². The summed E-state index contributed by atoms with van der Waals surface area (Å²) in [6.07, 6.45) is 1.05. The number of para-hydroxylation sites is 1. The Kier molecular flexibility index (Phi) is 11.2. The van der Waals surface area contributed by atoms with E-state index in [0.29, 0.717) is 22.4 Å². The summed E-state index contributed by atoms with van der Waals surface area (Å²) in [6, 6.07) is 25.5. The van der Waals surface area contributed by atoms with Crippen molar-refractivity contribution in [3.05, 3.63) is 101 Å². The first-order chi connectivity index (χ1) is 20.0. The number of hydrogen-bond donors (Lipinski definition) is 1. The smallest absolute Gasteiger partial charge is 0.253 e. The van der Waals surface area contributed by atoms with E-state index in [-0.39, 0.29) is 41.7 Å². The summed E-state index contributed by atoms with van der Waals surface area (Å²) >= 11 is 11.6. The van der Waals surface area contributed by atoms with Gasteiger partial charge < -0.3 is 15.0 Å². The number of halogens is 2. The van der Waals surface area contributed by atoms with Crippen molar-refractivity contribution >= 4 is 51.5 Å². The maximum Gasteiger partial charge on any atom is 0.253 e. The van der Waals surface area contributed by atoms with E-state index in [1.54, 1.807) is 24.3 Å². The van der Waals surface area contributed by atoms with Gasteiger partial charge in [0, 0.05) is 43.1 Å². The number of benzene rings is 3. The van der Waals surface area contributed by atoms with Crippen molar-refractivity contribution < 1.29 is 18.5 Å². The van der Waals surface area contributed by atoms with E-state index < -0.39 is 16.9 Å². The van der Waals surface area contributed by atoms with Crippen LogP contribution in [0.3, 0.4) is 0 Å². The number of rotatable bonds is 8. The van der Waals surface area contributed by atoms with Gasteiger partial charge in [-0.25, -0.2) is 0 Å². The predicted octanol–water partition coefficient (Wildman–Crippen LogP) is 7.30. The van der Waals surface area contributed by atoms with Crippen LogP contribution in [0.1, 0.15) is 51.6 Å². The molecule has 4 atom stereocenters. The highest BCUT2D eigenvalue weighted by molar-refractivity contribution is 7.86. The van der Waals surface area contributed by atoms with Gasteiger partial charge in [-0.3, -0.25) is 13.8 Å². The van der Waals surface area contributed by atoms with Gasteiger partial charge in [-0.2, -0.15) is 0 Å². The zero-order chi connectivity index (χ0) is 30.3. The zero-order valence-corrected chi connectivity index (χ0v) is 26.5. The van der Waals surface area contributed by atoms with Gasteiger partial charge in [0.25, 0.3) is 5.91 Å². The summed E-state index contributed by atoms with van der Waals surface area (Å²) in [5.74, 6) is 0.215. The van der Waals surface area contributed by atoms with E-state index >= 15 is 0 Å². The quantitative estimate of drug-likeness (QED) is 0.284. The second kappa shape index (κ2) is 14.6. The number of carbonyl (C=O) groups excluding carboxylic acids is 2. The fourth-order valence-electron chi connectivity index (χ4n) is 4.81. The summed E-state index contributed by atoms with van der Waals surface area (Å²) in [5, 5.41) is 4.25. The Morgan fingerprint density at radius 3 is 2.05 bits per heavy atom. The van der Waals surface area contributed by atoms with Crippen molar-refractivity contribution in [2.24, 2.45) is 5.92 Å². The van der Waals surface area contributed by atoms with Crippen LogP contribution in [0.4, 0.5) is 5.69 Å². The minimum absolute atomic E-state index is 0.0721. The Morgan fingerprint density at radius 1 is 0.952 bits per heavy atom. The summed E-state index contributed by atoms with van der Waals surface area (Å²) < 4.78 is 18.8. The van der Waals surface area contributed by atoms with Crippen LogP contribution in [0.25, 0.3) is 0 Å². The number of hydrogen-bond acceptors (Lipinski definition) is 4. The lowest BCUT2D eigenvalue weighted by Gasteiger charge is -2.44. The van der Waals surface area contributed by atoms with E-state index in [2.05, 4.69) is 5.32 Å². The zero-order valence-electron chi connectivity index (χ0n) is 24.2. The highest BCUT2D eigenvalue weighted by Crippen LogP contribution is 2.42. The Bertz CT molecular complexity index is 1350. The van der Waals surface area contributed by atoms with Crippen LogP contribution in [0.2, 0.25) is 10.0 Å². The van der Waals surface area contributed by atoms with Gasteiger partial charge in [-0.15, -0.1) is 0 Å². The molecule has 9 heteroatoms. The highest BCUT2D eigenvalue weighted by atomic mass is 35.5. The van der Waals surface area contributed by atoms with Gasteiger partial charge in [-0.1, -0.05) is 71.7 Å². The van der Waals surface area contributed by atoms with Gasteiger partial charge in [-0.05, 0) is 81.5 Å². The molecule has 0 spiro atoms. The normalized spacial score (nSPS) is 20.2. The second-order valence-electron chi connectivity index (χ2n) is 11.6. The summed E-state index contributed by atoms with van der Waals surface area (Å²) in [4.78, 5) is 28.5. The molecular formula is C33H38Cl2N2O4S. The van der Waals surface area contributed by atoms with E-state index in [0.717, 1.165) is 23.4 Å². The third kappa shape index (κ3) is 9.14. The molecular weight excluding hydrogens is 591 g/mol. The standard InChI is InChI=1S/C27H33ClN2O4S.C6H5Cl/c1-27(2,3)35(33)17-23(19-9-10-19)30-22(18-11-13-20(28)14-12-18)16-34-24(26(30)32)15-25(31)29-21-7-5-4-6-8-21;7-6-4-2-1-3-5-6/h4-8,11-14,19,22-24H,9-10,15-17H2,1-3H3,(H,29,31);1-5H. The van der Waals surface area contributed by atoms with Crippen molar-refractivity contribution in [1.82, 2.24) is 4.90 Å². The molecule has 3 aromatic carbocycles. The van der Waals surface area contributed by atoms with Crippen LogP contribution in [-0.4, -0.2) is 50.2 Å². The number of amides is 2. The molecule has 1 heterocycles. The number of anilines is 1. The average molecular weight is 630 g/mol. The molecule has 0 aromatic heterocycles. The fraction of sp³-hybridized carbons (Fsp3) is 0.394. The first kappa shape index (κ1) is 32.2. The van der Waals surface area contributed by atoms with E-state index in [1.807, 2.05) is 86.3 Å². The van der Waals surface area contributed by atoms with Gasteiger partial charge in [0.2, 0.25) is 5.91 Å². The Hall–Kier alpha value is -2.71. The molecule has 3 aromatic rings. The number of nitrogens with one attached hydrogen (secondary N) is 1. The van der Waals surface area contributed by atoms with Gasteiger partial charge in [0.05, 0.1) is 19.1 Å². The summed E-state index contributed by atoms with van der Waals surface area (Å²) in [6.45, 7) is 6.15. The molecule has 4 unspecified atom stereocenters. The summed E-state index contributed by atoms with van der Waals surface area (Å²) in [5.41, 5.74) is 1.59. The molecule has 42 heavy (non-hydrogen) atoms. The first-order valence-electron chi connectivity index (χ1n) is 14.2. The van der Waals surface area contributed by atoms with Crippen molar-refractivity contribution in [3.8, 4) is 0 Å². The molecule has 2 aliphatic rings. The lowest BCUT2D eigenvalue weighted by atomic mass is 9.98. The average Bonchev–Trinajstić information content (AvgIpc) is 3.80. The topological polar surface area (TPSA) is 75.7 Å². The largest absolute Gasteiger partial charge is 0.365 e. The predicted molar refractivity (Wildman–Crippen MR) is 171 cm³/mol. The van der Waals surface area contributed by atoms with E-state index in [1.165, 1.54) is 0 Å². The van der Waals surface area contributed by atoms with Gasteiger partial charge in [0.1, 0.15) is 6.10 Å². The third-order valence-electron chi connectivity index (χ3n) is 7.27. The van der Waals surface area contributed by atoms with Crippen LogP contribution >= 0.6 is 23.2 Å². The second-order valence-corrected chi connectivity index (χ2v) is 14.7. The van der Waals surface area contributed by atoms with Crippen LogP contribution in [0.15, 0.2) is 84.9 Å². The fourth-order valence-corrected chi connectivity index (χ4v) is 6.32. The molecule has 5 rings (SSSR count). The van der Waals surface area contributed by atoms with Crippen LogP contribution in [-0.2, 0) is 25.1 Å². The number of nitrogens with zero attached hydrogens (tertiary/aromatic N) is 1. The SMILES string of the molecule is CC(C)(C)S(=O)CC(C1CC1)N1C(=O)C(CC(=O)Nc2ccccc2)OCC1c1ccc(Cl)cc1.Clc1ccccc1. The molecule has 2 amide bonds. The number of carbonyl (C=O) groups is 2. The maximum absolute atomic E-state index is 13.9. The van der Waals surface area contributed by atoms with Gasteiger partial charge >= 0.3 is 0 Å². The molecule has 1 saturated heterocycles. The molecule has 1 N–H and O–H groups in total. The van der Waals surface area contributed by atoms with Crippen LogP contribution < -0.4 is 5.32 Å². The van der Waals surface area contributed by atoms with Crippen LogP contribution in [0.5, 0.6) is 0 Å². The van der Waals surface area contributed by atoms with Crippen molar-refractivity contribution in [3.63, 3.8) is 0 Å². The first-order valence-corrected chi connectivity index (χ1v) is 16.2. The highest BCUT2D eigenvalue weighted by Gasteiger charge is 2.47. The summed E-state index contributed by atoms with van der Waals surface area (Å²) in [7, 11) is -1.12. The lowest BCUT2D eigenvalue weighted by Crippen LogP contribution is -2.57. The molecule has 6 nitrogen and oxygen atoms in total. The minimum Gasteiger partial charge on any atom is -0.365 e. The maximum atomic E-state index is 13.9. The van der Waals surface area contributed by atoms with Crippen LogP contribution in [0, 0.1) is 5.92 Å². The van der Waals surface area contributed by atoms with E-state index in [4.69, 9.17) is 27.9 Å². The molecule has 2 fully saturated rings. The van der Waals surface area contributed by atoms with Crippen molar-refractivity contribution in [1.29, 1.82) is 0 Å². The van der Waals surface area contributed by atoms with Crippen molar-refractivity contribution in [2.75, 3.05) is 17.7 Å².